The van der Waals surface area contributed by atoms with Gasteiger partial charge in [-0.1, -0.05) is 12.1 Å². The van der Waals surface area contributed by atoms with Crippen LogP contribution < -0.4 is 5.32 Å². The van der Waals surface area contributed by atoms with E-state index in [9.17, 15) is 14.9 Å². The van der Waals surface area contributed by atoms with Crippen LogP contribution in [0.1, 0.15) is 5.69 Å². The number of para-hydroxylation sites is 1. The number of likely N-dealkylation sites (N-methyl/N-ethyl adjacent to an activating group) is 1. The summed E-state index contributed by atoms with van der Waals surface area (Å²) in [5.74, 6) is -0.0805. The lowest BCUT2D eigenvalue weighted by Gasteiger charge is -2.13. The molecule has 0 atom stereocenters. The number of benzene rings is 1. The maximum atomic E-state index is 11.7. The molecule has 0 fully saturated rings. The molecule has 0 unspecified atom stereocenters. The molecular formula is C14H16N4O3. The molecule has 0 saturated heterocycles. The number of nitrogens with zero attached hydrogens (tertiary/aromatic N) is 3. The zero-order valence-electron chi connectivity index (χ0n) is 12.1. The van der Waals surface area contributed by atoms with E-state index in [0.717, 1.165) is 0 Å². The molecule has 0 aliphatic carbocycles. The minimum absolute atomic E-state index is 0.0433. The monoisotopic (exact) mass is 288 g/mol. The summed E-state index contributed by atoms with van der Waals surface area (Å²) >= 11 is 0. The van der Waals surface area contributed by atoms with Crippen molar-refractivity contribution in [3.8, 4) is 0 Å². The Hall–Kier alpha value is -2.70. The topological polar surface area (TPSA) is 88.4 Å². The van der Waals surface area contributed by atoms with Crippen LogP contribution in [0.4, 0.5) is 11.4 Å². The second-order valence-electron chi connectivity index (χ2n) is 4.88. The van der Waals surface area contributed by atoms with Gasteiger partial charge in [-0.25, -0.2) is 4.98 Å². The summed E-state index contributed by atoms with van der Waals surface area (Å²) in [7, 11) is 3.34. The van der Waals surface area contributed by atoms with Gasteiger partial charge >= 0.3 is 0 Å². The Morgan fingerprint density at radius 3 is 2.76 bits per heavy atom. The van der Waals surface area contributed by atoms with E-state index in [0.29, 0.717) is 22.3 Å². The highest BCUT2D eigenvalue weighted by Crippen LogP contribution is 2.29. The molecule has 1 aromatic carbocycles. The van der Waals surface area contributed by atoms with Gasteiger partial charge in [-0.3, -0.25) is 14.9 Å². The number of nitro benzene ring substituents is 1. The number of carbonyl (C=O) groups is 1. The van der Waals surface area contributed by atoms with Crippen molar-refractivity contribution in [1.29, 1.82) is 0 Å². The lowest BCUT2D eigenvalue weighted by atomic mass is 10.1. The summed E-state index contributed by atoms with van der Waals surface area (Å²) in [6.45, 7) is 1.88. The van der Waals surface area contributed by atoms with Crippen molar-refractivity contribution in [2.45, 2.75) is 6.92 Å². The molecule has 2 aromatic rings. The minimum atomic E-state index is -0.455. The van der Waals surface area contributed by atoms with Crippen molar-refractivity contribution >= 4 is 28.2 Å². The number of non-ortho nitro benzene ring substituents is 1. The van der Waals surface area contributed by atoms with Gasteiger partial charge in [0.05, 0.1) is 11.5 Å². The molecule has 1 amide bonds. The highest BCUT2D eigenvalue weighted by Gasteiger charge is 2.16. The minimum Gasteiger partial charge on any atom is -0.376 e. The second kappa shape index (κ2) is 5.74. The molecule has 1 heterocycles. The number of amides is 1. The molecule has 0 radical (unpaired) electrons. The van der Waals surface area contributed by atoms with Crippen LogP contribution in [0, 0.1) is 17.0 Å². The third-order valence-electron chi connectivity index (χ3n) is 3.07. The fourth-order valence-corrected chi connectivity index (χ4v) is 1.98. The van der Waals surface area contributed by atoms with Gasteiger partial charge in [-0.05, 0) is 13.0 Å². The molecule has 2 rings (SSSR count). The van der Waals surface area contributed by atoms with E-state index in [1.807, 2.05) is 0 Å². The van der Waals surface area contributed by atoms with Crippen LogP contribution in [-0.4, -0.2) is 41.4 Å². The quantitative estimate of drug-likeness (QED) is 0.686. The zero-order valence-corrected chi connectivity index (χ0v) is 12.1. The van der Waals surface area contributed by atoms with Crippen LogP contribution in [0.5, 0.6) is 0 Å². The average Bonchev–Trinajstić information content (AvgIpc) is 2.43. The van der Waals surface area contributed by atoms with Crippen LogP contribution in [0.2, 0.25) is 0 Å². The molecule has 0 aliphatic heterocycles. The number of fused-ring (bicyclic) bond motifs is 1. The Kier molecular flexibility index (Phi) is 4.02. The SMILES string of the molecule is Cc1cc(NCC(=O)N(C)C)c2cccc([N+](=O)[O-])c2n1. The lowest BCUT2D eigenvalue weighted by molar-refractivity contribution is -0.383. The molecule has 0 saturated carbocycles. The molecular weight excluding hydrogens is 272 g/mol. The molecule has 7 heteroatoms. The van der Waals surface area contributed by atoms with Gasteiger partial charge in [0.1, 0.15) is 0 Å². The molecule has 110 valence electrons. The van der Waals surface area contributed by atoms with E-state index in [2.05, 4.69) is 10.3 Å². The van der Waals surface area contributed by atoms with Gasteiger partial charge in [0.25, 0.3) is 5.69 Å². The lowest BCUT2D eigenvalue weighted by Crippen LogP contribution is -2.28. The normalized spacial score (nSPS) is 10.4. The number of anilines is 1. The maximum absolute atomic E-state index is 11.7. The Balaban J connectivity index is 2.47. The van der Waals surface area contributed by atoms with E-state index in [1.165, 1.54) is 11.0 Å². The van der Waals surface area contributed by atoms with Crippen LogP contribution >= 0.6 is 0 Å². The van der Waals surface area contributed by atoms with Crippen molar-refractivity contribution in [3.63, 3.8) is 0 Å². The van der Waals surface area contributed by atoms with Crippen LogP contribution in [0.25, 0.3) is 10.9 Å². The van der Waals surface area contributed by atoms with Gasteiger partial charge in [0, 0.05) is 36.9 Å². The molecule has 1 N–H and O–H groups in total. The first kappa shape index (κ1) is 14.7. The van der Waals surface area contributed by atoms with Crippen LogP contribution in [0.3, 0.4) is 0 Å². The molecule has 0 bridgehead atoms. The zero-order chi connectivity index (χ0) is 15.6. The van der Waals surface area contributed by atoms with Gasteiger partial charge in [0.2, 0.25) is 5.91 Å². The van der Waals surface area contributed by atoms with Gasteiger partial charge in [-0.15, -0.1) is 0 Å². The highest BCUT2D eigenvalue weighted by atomic mass is 16.6. The summed E-state index contributed by atoms with van der Waals surface area (Å²) in [6, 6.07) is 6.55. The van der Waals surface area contributed by atoms with Gasteiger partial charge in [-0.2, -0.15) is 0 Å². The van der Waals surface area contributed by atoms with E-state index in [1.54, 1.807) is 39.2 Å². The Morgan fingerprint density at radius 1 is 1.43 bits per heavy atom. The standard InChI is InChI=1S/C14H16N4O3/c1-9-7-11(15-8-13(19)17(2)3)10-5-4-6-12(18(20)21)14(10)16-9/h4-7H,8H2,1-3H3,(H,15,16). The summed E-state index contributed by atoms with van der Waals surface area (Å²) < 4.78 is 0. The number of aryl methyl sites for hydroxylation is 1. The second-order valence-corrected chi connectivity index (χ2v) is 4.88. The fraction of sp³-hybridized carbons (Fsp3) is 0.286. The molecule has 0 spiro atoms. The van der Waals surface area contributed by atoms with E-state index >= 15 is 0 Å². The van der Waals surface area contributed by atoms with Crippen LogP contribution in [-0.2, 0) is 4.79 Å². The molecule has 21 heavy (non-hydrogen) atoms. The summed E-state index contributed by atoms with van der Waals surface area (Å²) in [6.07, 6.45) is 0. The first-order chi connectivity index (χ1) is 9.90. The third-order valence-corrected chi connectivity index (χ3v) is 3.07. The van der Waals surface area contributed by atoms with Crippen molar-refractivity contribution in [1.82, 2.24) is 9.88 Å². The molecule has 1 aromatic heterocycles. The van der Waals surface area contributed by atoms with Crippen molar-refractivity contribution in [3.05, 3.63) is 40.1 Å². The fourth-order valence-electron chi connectivity index (χ4n) is 1.98. The average molecular weight is 288 g/mol. The van der Waals surface area contributed by atoms with Crippen LogP contribution in [0.15, 0.2) is 24.3 Å². The summed E-state index contributed by atoms with van der Waals surface area (Å²) in [4.78, 5) is 28.0. The number of hydrogen-bond donors (Lipinski definition) is 1. The predicted octanol–water partition coefficient (Wildman–Crippen LogP) is 1.95. The number of rotatable bonds is 4. The number of hydrogen-bond acceptors (Lipinski definition) is 5. The predicted molar refractivity (Wildman–Crippen MR) is 80.3 cm³/mol. The summed E-state index contributed by atoms with van der Waals surface area (Å²) in [5, 5.41) is 14.7. The number of pyridine rings is 1. The van der Waals surface area contributed by atoms with Crippen molar-refractivity contribution < 1.29 is 9.72 Å². The number of aromatic nitrogens is 1. The summed E-state index contributed by atoms with van der Waals surface area (Å²) in [5.41, 5.74) is 1.59. The van der Waals surface area contributed by atoms with E-state index in [4.69, 9.17) is 0 Å². The van der Waals surface area contributed by atoms with Crippen molar-refractivity contribution in [2.75, 3.05) is 26.0 Å². The molecule has 0 aliphatic rings. The number of carbonyl (C=O) groups excluding carboxylic acids is 1. The largest absolute Gasteiger partial charge is 0.376 e. The highest BCUT2D eigenvalue weighted by molar-refractivity contribution is 5.97. The van der Waals surface area contributed by atoms with Crippen molar-refractivity contribution in [2.24, 2.45) is 0 Å². The third kappa shape index (κ3) is 3.07. The Morgan fingerprint density at radius 2 is 2.14 bits per heavy atom. The van der Waals surface area contributed by atoms with Gasteiger partial charge < -0.3 is 10.2 Å². The number of nitro groups is 1. The smallest absolute Gasteiger partial charge is 0.295 e. The van der Waals surface area contributed by atoms with Gasteiger partial charge in [0.15, 0.2) is 5.52 Å². The first-order valence-corrected chi connectivity index (χ1v) is 6.39. The number of nitrogens with one attached hydrogen (secondary N) is 1. The first-order valence-electron chi connectivity index (χ1n) is 6.39. The maximum Gasteiger partial charge on any atom is 0.295 e. The Bertz CT molecular complexity index is 713. The Labute approximate surface area is 121 Å². The molecule has 7 nitrogen and oxygen atoms in total. The van der Waals surface area contributed by atoms with E-state index < -0.39 is 4.92 Å². The van der Waals surface area contributed by atoms with E-state index in [-0.39, 0.29) is 18.1 Å².